The van der Waals surface area contributed by atoms with Gasteiger partial charge in [0.2, 0.25) is 0 Å². The standard InChI is InChI=1S/C26H20ClF3N4O/c27-20-8-6-18(7-9-20)25-32-14-19-16-34(12-11-22(19)33-25)15-17-5-10-23(31-13-17)21-3-1-2-4-24(21)35-26(28,29)30/h1-10,13-14H,11-12,15-16H2. The summed E-state index contributed by atoms with van der Waals surface area (Å²) in [5.41, 5.74) is 4.71. The third-order valence-corrected chi connectivity index (χ3v) is 5.99. The molecule has 5 rings (SSSR count). The summed E-state index contributed by atoms with van der Waals surface area (Å²) in [6, 6.07) is 17.0. The van der Waals surface area contributed by atoms with Crippen molar-refractivity contribution >= 4 is 11.6 Å². The number of rotatable bonds is 5. The normalized spacial score (nSPS) is 13.9. The quantitative estimate of drug-likeness (QED) is 0.324. The molecule has 0 radical (unpaired) electrons. The van der Waals surface area contributed by atoms with Crippen molar-refractivity contribution in [3.63, 3.8) is 0 Å². The number of hydrogen-bond donors (Lipinski definition) is 0. The van der Waals surface area contributed by atoms with Crippen LogP contribution >= 0.6 is 11.6 Å². The van der Waals surface area contributed by atoms with Crippen molar-refractivity contribution in [2.24, 2.45) is 0 Å². The number of benzene rings is 2. The van der Waals surface area contributed by atoms with Crippen LogP contribution in [0.1, 0.15) is 16.8 Å². The molecule has 3 heterocycles. The van der Waals surface area contributed by atoms with Gasteiger partial charge in [-0.1, -0.05) is 29.8 Å². The number of hydrogen-bond acceptors (Lipinski definition) is 5. The van der Waals surface area contributed by atoms with Crippen LogP contribution in [0.5, 0.6) is 5.75 Å². The fourth-order valence-corrected chi connectivity index (χ4v) is 4.20. The van der Waals surface area contributed by atoms with Gasteiger partial charge in [-0.2, -0.15) is 0 Å². The molecule has 178 valence electrons. The summed E-state index contributed by atoms with van der Waals surface area (Å²) >= 11 is 5.97. The minimum Gasteiger partial charge on any atom is -0.405 e. The van der Waals surface area contributed by atoms with E-state index in [1.807, 2.05) is 36.5 Å². The fraction of sp³-hybridized carbons (Fsp3) is 0.192. The highest BCUT2D eigenvalue weighted by atomic mass is 35.5. The molecule has 0 atom stereocenters. The number of halogens is 4. The maximum atomic E-state index is 12.7. The molecule has 1 aliphatic heterocycles. The van der Waals surface area contributed by atoms with Crippen LogP contribution in [-0.2, 0) is 19.5 Å². The molecule has 0 N–H and O–H groups in total. The number of nitrogens with zero attached hydrogens (tertiary/aromatic N) is 4. The zero-order chi connectivity index (χ0) is 24.4. The average Bonchev–Trinajstić information content (AvgIpc) is 2.84. The number of pyridine rings is 1. The van der Waals surface area contributed by atoms with Crippen molar-refractivity contribution in [3.8, 4) is 28.4 Å². The van der Waals surface area contributed by atoms with Crippen LogP contribution in [0.25, 0.3) is 22.6 Å². The summed E-state index contributed by atoms with van der Waals surface area (Å²) in [4.78, 5) is 15.9. The first-order chi connectivity index (χ1) is 16.8. The highest BCUT2D eigenvalue weighted by molar-refractivity contribution is 6.30. The van der Waals surface area contributed by atoms with E-state index in [9.17, 15) is 13.2 Å². The van der Waals surface area contributed by atoms with Crippen molar-refractivity contribution in [2.45, 2.75) is 25.9 Å². The van der Waals surface area contributed by atoms with Gasteiger partial charge in [-0.15, -0.1) is 13.2 Å². The highest BCUT2D eigenvalue weighted by Crippen LogP contribution is 2.33. The van der Waals surface area contributed by atoms with E-state index in [-0.39, 0.29) is 11.3 Å². The molecule has 0 bridgehead atoms. The zero-order valence-electron chi connectivity index (χ0n) is 18.5. The first-order valence-corrected chi connectivity index (χ1v) is 11.3. The minimum absolute atomic E-state index is 0.272. The van der Waals surface area contributed by atoms with Crippen molar-refractivity contribution in [1.29, 1.82) is 0 Å². The van der Waals surface area contributed by atoms with E-state index in [0.717, 1.165) is 35.3 Å². The van der Waals surface area contributed by atoms with Crippen molar-refractivity contribution in [3.05, 3.63) is 94.9 Å². The second-order valence-electron chi connectivity index (χ2n) is 8.23. The van der Waals surface area contributed by atoms with Gasteiger partial charge in [0.25, 0.3) is 0 Å². The third-order valence-electron chi connectivity index (χ3n) is 5.74. The summed E-state index contributed by atoms with van der Waals surface area (Å²) in [5.74, 6) is 0.411. The molecule has 0 saturated heterocycles. The van der Waals surface area contributed by atoms with Gasteiger partial charge in [0, 0.05) is 60.2 Å². The Morgan fingerprint density at radius 1 is 0.943 bits per heavy atom. The van der Waals surface area contributed by atoms with Gasteiger partial charge >= 0.3 is 6.36 Å². The molecule has 0 unspecified atom stereocenters. The summed E-state index contributed by atoms with van der Waals surface area (Å²) < 4.78 is 42.3. The Kier molecular flexibility index (Phi) is 6.40. The van der Waals surface area contributed by atoms with Crippen LogP contribution in [0, 0.1) is 0 Å². The van der Waals surface area contributed by atoms with Gasteiger partial charge in [0.1, 0.15) is 5.75 Å². The predicted molar refractivity (Wildman–Crippen MR) is 127 cm³/mol. The fourth-order valence-electron chi connectivity index (χ4n) is 4.08. The lowest BCUT2D eigenvalue weighted by molar-refractivity contribution is -0.274. The maximum absolute atomic E-state index is 12.7. The van der Waals surface area contributed by atoms with Gasteiger partial charge in [-0.05, 0) is 48.0 Å². The molecular weight excluding hydrogens is 477 g/mol. The lowest BCUT2D eigenvalue weighted by Gasteiger charge is -2.28. The largest absolute Gasteiger partial charge is 0.573 e. The molecule has 4 aromatic rings. The van der Waals surface area contributed by atoms with Crippen LogP contribution in [0.2, 0.25) is 5.02 Å². The van der Waals surface area contributed by atoms with Crippen LogP contribution in [-0.4, -0.2) is 32.8 Å². The predicted octanol–water partition coefficient (Wildman–Crippen LogP) is 6.32. The molecule has 0 spiro atoms. The Morgan fingerprint density at radius 3 is 2.49 bits per heavy atom. The Labute approximate surface area is 205 Å². The number of alkyl halides is 3. The molecule has 9 heteroatoms. The average molecular weight is 497 g/mol. The lowest BCUT2D eigenvalue weighted by atomic mass is 10.1. The molecule has 1 aliphatic rings. The number of ether oxygens (including phenoxy) is 1. The van der Waals surface area contributed by atoms with E-state index >= 15 is 0 Å². The number of aromatic nitrogens is 3. The number of para-hydroxylation sites is 1. The molecule has 5 nitrogen and oxygen atoms in total. The van der Waals surface area contributed by atoms with E-state index in [1.54, 1.807) is 24.4 Å². The van der Waals surface area contributed by atoms with Gasteiger partial charge in [0.15, 0.2) is 5.82 Å². The van der Waals surface area contributed by atoms with E-state index in [1.165, 1.54) is 12.1 Å². The first kappa shape index (κ1) is 23.3. The van der Waals surface area contributed by atoms with Crippen LogP contribution in [0.3, 0.4) is 0 Å². The van der Waals surface area contributed by atoms with Crippen LogP contribution in [0.4, 0.5) is 13.2 Å². The molecule has 0 amide bonds. The van der Waals surface area contributed by atoms with E-state index in [2.05, 4.69) is 19.6 Å². The summed E-state index contributed by atoms with van der Waals surface area (Å²) in [7, 11) is 0. The van der Waals surface area contributed by atoms with E-state index in [4.69, 9.17) is 16.6 Å². The van der Waals surface area contributed by atoms with Gasteiger partial charge in [0.05, 0.1) is 11.4 Å². The molecule has 2 aromatic carbocycles. The molecule has 2 aromatic heterocycles. The third kappa shape index (κ3) is 5.61. The molecule has 35 heavy (non-hydrogen) atoms. The Hall–Kier alpha value is -3.49. The summed E-state index contributed by atoms with van der Waals surface area (Å²) in [6.45, 7) is 2.20. The van der Waals surface area contributed by atoms with Crippen molar-refractivity contribution < 1.29 is 17.9 Å². The first-order valence-electron chi connectivity index (χ1n) is 11.0. The molecule has 0 fully saturated rings. The van der Waals surface area contributed by atoms with Gasteiger partial charge in [-0.3, -0.25) is 9.88 Å². The van der Waals surface area contributed by atoms with Crippen molar-refractivity contribution in [2.75, 3.05) is 6.54 Å². The zero-order valence-corrected chi connectivity index (χ0v) is 19.2. The minimum atomic E-state index is -4.76. The topological polar surface area (TPSA) is 51.1 Å². The second-order valence-corrected chi connectivity index (χ2v) is 8.67. The summed E-state index contributed by atoms with van der Waals surface area (Å²) in [6.07, 6.45) is -0.404. The lowest BCUT2D eigenvalue weighted by Crippen LogP contribution is -2.31. The molecular formula is C26H20ClF3N4O. The van der Waals surface area contributed by atoms with Crippen molar-refractivity contribution in [1.82, 2.24) is 19.9 Å². The maximum Gasteiger partial charge on any atom is 0.573 e. The van der Waals surface area contributed by atoms with E-state index < -0.39 is 6.36 Å². The molecule has 0 saturated carbocycles. The molecule has 0 aliphatic carbocycles. The Bertz CT molecular complexity index is 1330. The summed E-state index contributed by atoms with van der Waals surface area (Å²) in [5, 5.41) is 0.670. The monoisotopic (exact) mass is 496 g/mol. The SMILES string of the molecule is FC(F)(F)Oc1ccccc1-c1ccc(CN2CCc3nc(-c4ccc(Cl)cc4)ncc3C2)cn1. The highest BCUT2D eigenvalue weighted by Gasteiger charge is 2.32. The van der Waals surface area contributed by atoms with Gasteiger partial charge in [-0.25, -0.2) is 9.97 Å². The van der Waals surface area contributed by atoms with Gasteiger partial charge < -0.3 is 4.74 Å². The van der Waals surface area contributed by atoms with Crippen LogP contribution < -0.4 is 4.74 Å². The Balaban J connectivity index is 1.27. The Morgan fingerprint density at radius 2 is 1.74 bits per heavy atom. The van der Waals surface area contributed by atoms with E-state index in [0.29, 0.717) is 29.6 Å². The second kappa shape index (κ2) is 9.64. The number of fused-ring (bicyclic) bond motifs is 1. The van der Waals surface area contributed by atoms with Crippen LogP contribution in [0.15, 0.2) is 73.1 Å². The smallest absolute Gasteiger partial charge is 0.405 e.